The van der Waals surface area contributed by atoms with Crippen LogP contribution in [-0.2, 0) is 0 Å². The first kappa shape index (κ1) is 9.74. The van der Waals surface area contributed by atoms with Crippen molar-refractivity contribution in [3.8, 4) is 0 Å². The molecule has 1 aliphatic rings. The van der Waals surface area contributed by atoms with E-state index in [2.05, 4.69) is 5.32 Å². The zero-order valence-electron chi connectivity index (χ0n) is 7.55. The van der Waals surface area contributed by atoms with Gasteiger partial charge in [-0.15, -0.1) is 0 Å². The van der Waals surface area contributed by atoms with Crippen LogP contribution < -0.4 is 11.2 Å². The number of nitrogens with two attached hydrogens (primary N) is 1. The van der Waals surface area contributed by atoms with Crippen LogP contribution in [0, 0.1) is 0 Å². The highest BCUT2D eigenvalue weighted by Crippen LogP contribution is 2.17. The van der Waals surface area contributed by atoms with Crippen LogP contribution in [0.4, 0.5) is 0 Å². The van der Waals surface area contributed by atoms with Crippen LogP contribution in [-0.4, -0.2) is 23.2 Å². The van der Waals surface area contributed by atoms with Gasteiger partial charge in [-0.25, -0.2) is 5.84 Å². The molecule has 1 fully saturated rings. The summed E-state index contributed by atoms with van der Waals surface area (Å²) in [5.74, 6) is 5.48. The minimum Gasteiger partial charge on any atom is -0.359 e. The molecule has 0 atom stereocenters. The molecule has 0 aromatic heterocycles. The van der Waals surface area contributed by atoms with Crippen molar-refractivity contribution in [1.29, 1.82) is 0 Å². The lowest BCUT2D eigenvalue weighted by atomic mass is 9.96. The van der Waals surface area contributed by atoms with E-state index < -0.39 is 0 Å². The minimum atomic E-state index is 0.553. The first-order chi connectivity index (χ1) is 5.70. The molecular formula is C8H17N3S. The second kappa shape index (κ2) is 4.62. The van der Waals surface area contributed by atoms with Gasteiger partial charge in [0.05, 0.1) is 0 Å². The summed E-state index contributed by atoms with van der Waals surface area (Å²) in [5, 5.41) is 5.37. The maximum Gasteiger partial charge on any atom is 0.183 e. The Hall–Kier alpha value is -0.350. The smallest absolute Gasteiger partial charge is 0.183 e. The predicted molar refractivity (Wildman–Crippen MR) is 54.6 cm³/mol. The van der Waals surface area contributed by atoms with E-state index in [1.54, 1.807) is 7.05 Å². The highest BCUT2D eigenvalue weighted by atomic mass is 32.1. The Morgan fingerprint density at radius 1 is 1.42 bits per heavy atom. The van der Waals surface area contributed by atoms with Gasteiger partial charge < -0.3 is 5.32 Å². The Labute approximate surface area is 79.3 Å². The van der Waals surface area contributed by atoms with Gasteiger partial charge in [0, 0.05) is 13.1 Å². The van der Waals surface area contributed by atoms with E-state index in [-0.39, 0.29) is 0 Å². The monoisotopic (exact) mass is 187 g/mol. The first-order valence-corrected chi connectivity index (χ1v) is 4.90. The lowest BCUT2D eigenvalue weighted by Gasteiger charge is -2.26. The molecule has 0 spiro atoms. The first-order valence-electron chi connectivity index (χ1n) is 4.49. The fraction of sp³-hybridized carbons (Fsp3) is 0.875. The van der Waals surface area contributed by atoms with Gasteiger partial charge in [0.2, 0.25) is 0 Å². The van der Waals surface area contributed by atoms with Crippen LogP contribution in [0.5, 0.6) is 0 Å². The summed E-state index contributed by atoms with van der Waals surface area (Å²) in [6.45, 7) is 0. The highest BCUT2D eigenvalue weighted by molar-refractivity contribution is 7.80. The molecule has 0 aliphatic heterocycles. The molecule has 0 saturated heterocycles. The van der Waals surface area contributed by atoms with Crippen molar-refractivity contribution in [2.75, 3.05) is 7.05 Å². The Kier molecular flexibility index (Phi) is 3.75. The van der Waals surface area contributed by atoms with E-state index in [0.29, 0.717) is 11.2 Å². The molecule has 0 unspecified atom stereocenters. The van der Waals surface area contributed by atoms with Crippen LogP contribution in [0.15, 0.2) is 0 Å². The molecule has 12 heavy (non-hydrogen) atoms. The number of nitrogens with one attached hydrogen (secondary N) is 1. The van der Waals surface area contributed by atoms with Gasteiger partial charge in [-0.2, -0.15) is 0 Å². The summed E-state index contributed by atoms with van der Waals surface area (Å²) in [6.07, 6.45) is 6.45. The van der Waals surface area contributed by atoms with Gasteiger partial charge in [-0.05, 0) is 25.1 Å². The van der Waals surface area contributed by atoms with Crippen molar-refractivity contribution in [2.45, 2.75) is 38.1 Å². The van der Waals surface area contributed by atoms with Crippen LogP contribution >= 0.6 is 12.2 Å². The molecule has 1 saturated carbocycles. The molecular weight excluding hydrogens is 170 g/mol. The number of rotatable bonds is 1. The Balaban J connectivity index is 2.24. The topological polar surface area (TPSA) is 41.3 Å². The summed E-state index contributed by atoms with van der Waals surface area (Å²) < 4.78 is 0. The summed E-state index contributed by atoms with van der Waals surface area (Å²) in [6, 6.07) is 0.553. The normalized spacial score (nSPS) is 18.8. The van der Waals surface area contributed by atoms with Gasteiger partial charge >= 0.3 is 0 Å². The average molecular weight is 187 g/mol. The Morgan fingerprint density at radius 3 is 2.50 bits per heavy atom. The van der Waals surface area contributed by atoms with E-state index in [1.807, 2.05) is 0 Å². The molecule has 0 aromatic carbocycles. The second-order valence-electron chi connectivity index (χ2n) is 3.40. The molecule has 1 aliphatic carbocycles. The number of hydrogen-bond donors (Lipinski definition) is 2. The molecule has 0 aromatic rings. The summed E-state index contributed by atoms with van der Waals surface area (Å²) >= 11 is 5.05. The quantitative estimate of drug-likeness (QED) is 0.365. The van der Waals surface area contributed by atoms with Gasteiger partial charge in [-0.3, -0.25) is 5.01 Å². The average Bonchev–Trinajstić information content (AvgIpc) is 2.06. The van der Waals surface area contributed by atoms with Crippen molar-refractivity contribution < 1.29 is 0 Å². The standard InChI is InChI=1S/C8H17N3S/c1-11(9)8(12)10-7-5-3-2-4-6-7/h7H,2-6,9H2,1H3,(H,10,12). The van der Waals surface area contributed by atoms with E-state index in [4.69, 9.17) is 18.1 Å². The SMILES string of the molecule is CN(N)C(=S)NC1CCCCC1. The third kappa shape index (κ3) is 2.95. The van der Waals surface area contributed by atoms with Crippen LogP contribution in [0.1, 0.15) is 32.1 Å². The third-order valence-corrected chi connectivity index (χ3v) is 2.66. The van der Waals surface area contributed by atoms with Crippen molar-refractivity contribution in [3.63, 3.8) is 0 Å². The van der Waals surface area contributed by atoms with Gasteiger partial charge in [-0.1, -0.05) is 19.3 Å². The van der Waals surface area contributed by atoms with Crippen molar-refractivity contribution in [2.24, 2.45) is 5.84 Å². The summed E-state index contributed by atoms with van der Waals surface area (Å²) in [4.78, 5) is 0. The molecule has 3 nitrogen and oxygen atoms in total. The maximum absolute atomic E-state index is 5.48. The number of nitrogens with zero attached hydrogens (tertiary/aromatic N) is 1. The minimum absolute atomic E-state index is 0.553. The van der Waals surface area contributed by atoms with Crippen molar-refractivity contribution in [3.05, 3.63) is 0 Å². The molecule has 1 rings (SSSR count). The van der Waals surface area contributed by atoms with Crippen LogP contribution in [0.25, 0.3) is 0 Å². The molecule has 4 heteroatoms. The van der Waals surface area contributed by atoms with Crippen LogP contribution in [0.2, 0.25) is 0 Å². The third-order valence-electron chi connectivity index (χ3n) is 2.25. The molecule has 0 heterocycles. The van der Waals surface area contributed by atoms with Gasteiger partial charge in [0.15, 0.2) is 5.11 Å². The van der Waals surface area contributed by atoms with E-state index in [9.17, 15) is 0 Å². The molecule has 70 valence electrons. The number of thiocarbonyl (C=S) groups is 1. The second-order valence-corrected chi connectivity index (χ2v) is 3.78. The molecule has 0 amide bonds. The zero-order chi connectivity index (χ0) is 8.97. The summed E-state index contributed by atoms with van der Waals surface area (Å²) in [7, 11) is 1.76. The van der Waals surface area contributed by atoms with E-state index in [1.165, 1.54) is 37.1 Å². The predicted octanol–water partition coefficient (Wildman–Crippen LogP) is 0.999. The van der Waals surface area contributed by atoms with Crippen molar-refractivity contribution >= 4 is 17.3 Å². The van der Waals surface area contributed by atoms with Crippen molar-refractivity contribution in [1.82, 2.24) is 10.3 Å². The molecule has 0 bridgehead atoms. The maximum atomic E-state index is 5.48. The lowest BCUT2D eigenvalue weighted by molar-refractivity contribution is 0.397. The van der Waals surface area contributed by atoms with Gasteiger partial charge in [0.1, 0.15) is 0 Å². The fourth-order valence-electron chi connectivity index (χ4n) is 1.52. The van der Waals surface area contributed by atoms with Crippen LogP contribution in [0.3, 0.4) is 0 Å². The largest absolute Gasteiger partial charge is 0.359 e. The lowest BCUT2D eigenvalue weighted by Crippen LogP contribution is -2.46. The van der Waals surface area contributed by atoms with E-state index in [0.717, 1.165) is 0 Å². The van der Waals surface area contributed by atoms with E-state index >= 15 is 0 Å². The highest BCUT2D eigenvalue weighted by Gasteiger charge is 2.14. The molecule has 3 N–H and O–H groups in total. The molecule has 0 radical (unpaired) electrons. The Bertz CT molecular complexity index is 152. The Morgan fingerprint density at radius 2 is 2.00 bits per heavy atom. The fourth-order valence-corrected chi connectivity index (χ4v) is 1.69. The number of hydrazine groups is 1. The zero-order valence-corrected chi connectivity index (χ0v) is 8.36. The number of hydrogen-bond acceptors (Lipinski definition) is 2. The van der Waals surface area contributed by atoms with Gasteiger partial charge in [0.25, 0.3) is 0 Å². The summed E-state index contributed by atoms with van der Waals surface area (Å²) in [5.41, 5.74) is 0.